The minimum atomic E-state index is 0.274. The third-order valence-electron chi connectivity index (χ3n) is 6.09. The Morgan fingerprint density at radius 2 is 2.00 bits per heavy atom. The number of hydrogen-bond acceptors (Lipinski definition) is 3. The van der Waals surface area contributed by atoms with E-state index in [0.29, 0.717) is 17.0 Å². The lowest BCUT2D eigenvalue weighted by atomic mass is 10.00. The summed E-state index contributed by atoms with van der Waals surface area (Å²) in [5, 5.41) is 0.697. The minimum absolute atomic E-state index is 0.274. The molecule has 1 amide bonds. The third-order valence-corrected chi connectivity index (χ3v) is 6.31. The van der Waals surface area contributed by atoms with Gasteiger partial charge in [-0.15, -0.1) is 0 Å². The first kappa shape index (κ1) is 19.5. The van der Waals surface area contributed by atoms with Gasteiger partial charge in [-0.2, -0.15) is 0 Å². The normalized spacial score (nSPS) is 22.1. The molecule has 1 atom stereocenters. The molecule has 0 bridgehead atoms. The van der Waals surface area contributed by atoms with Gasteiger partial charge < -0.3 is 10.6 Å². The van der Waals surface area contributed by atoms with Gasteiger partial charge in [0.05, 0.1) is 0 Å². The number of amides is 1. The van der Waals surface area contributed by atoms with Crippen molar-refractivity contribution in [1.29, 1.82) is 0 Å². The van der Waals surface area contributed by atoms with Crippen LogP contribution in [0.2, 0.25) is 5.02 Å². The van der Waals surface area contributed by atoms with Gasteiger partial charge in [0.1, 0.15) is 0 Å². The Bertz CT molecular complexity index is 642. The highest BCUT2D eigenvalue weighted by Crippen LogP contribution is 2.30. The molecular formula is C21H32ClN3O. The van der Waals surface area contributed by atoms with Crippen LogP contribution >= 0.6 is 11.6 Å². The lowest BCUT2D eigenvalue weighted by molar-refractivity contribution is -0.140. The maximum atomic E-state index is 13.0. The van der Waals surface area contributed by atoms with Crippen LogP contribution < -0.4 is 5.73 Å². The highest BCUT2D eigenvalue weighted by molar-refractivity contribution is 6.31. The zero-order chi connectivity index (χ0) is 18.7. The van der Waals surface area contributed by atoms with Crippen LogP contribution in [0.5, 0.6) is 0 Å². The van der Waals surface area contributed by atoms with E-state index in [1.165, 1.54) is 18.4 Å². The number of benzene rings is 1. The molecule has 2 aliphatic rings. The van der Waals surface area contributed by atoms with E-state index in [9.17, 15) is 4.79 Å². The number of piperazine rings is 1. The monoisotopic (exact) mass is 377 g/mol. The number of nitrogens with two attached hydrogens (primary N) is 1. The molecule has 26 heavy (non-hydrogen) atoms. The maximum Gasteiger partial charge on any atom is 0.226 e. The Kier molecular flexibility index (Phi) is 6.46. The first-order valence-corrected chi connectivity index (χ1v) is 10.4. The molecule has 3 rings (SSSR count). The van der Waals surface area contributed by atoms with Crippen LogP contribution in [0.25, 0.3) is 0 Å². The number of anilines is 1. The Hall–Kier alpha value is -1.26. The summed E-state index contributed by atoms with van der Waals surface area (Å²) in [6, 6.07) is 4.18. The predicted octanol–water partition coefficient (Wildman–Crippen LogP) is 4.23. The molecule has 0 radical (unpaired) electrons. The van der Waals surface area contributed by atoms with Gasteiger partial charge in [0.2, 0.25) is 5.91 Å². The topological polar surface area (TPSA) is 49.6 Å². The van der Waals surface area contributed by atoms with Gasteiger partial charge in [-0.05, 0) is 49.4 Å². The lowest BCUT2D eigenvalue weighted by Crippen LogP contribution is -2.56. The van der Waals surface area contributed by atoms with Crippen molar-refractivity contribution in [1.82, 2.24) is 9.80 Å². The molecule has 1 saturated heterocycles. The van der Waals surface area contributed by atoms with Crippen LogP contribution in [0.15, 0.2) is 12.1 Å². The van der Waals surface area contributed by atoms with Gasteiger partial charge in [0, 0.05) is 48.8 Å². The fraction of sp³-hybridized carbons (Fsp3) is 0.667. The molecule has 1 unspecified atom stereocenters. The average molecular weight is 378 g/mol. The first-order valence-electron chi connectivity index (χ1n) is 10.1. The average Bonchev–Trinajstić information content (AvgIpc) is 3.14. The Labute approximate surface area is 162 Å². The van der Waals surface area contributed by atoms with E-state index in [1.54, 1.807) is 0 Å². The van der Waals surface area contributed by atoms with Crippen molar-refractivity contribution in [2.45, 2.75) is 65.0 Å². The molecule has 2 N–H and O–H groups in total. The van der Waals surface area contributed by atoms with Crippen LogP contribution in [-0.4, -0.2) is 41.4 Å². The zero-order valence-electron chi connectivity index (χ0n) is 16.1. The number of carbonyl (C=O) groups is 1. The highest BCUT2D eigenvalue weighted by atomic mass is 35.5. The zero-order valence-corrected chi connectivity index (χ0v) is 16.9. The van der Waals surface area contributed by atoms with Crippen LogP contribution in [0.4, 0.5) is 5.69 Å². The number of rotatable bonds is 5. The number of nitrogen functional groups attached to an aromatic ring is 1. The largest absolute Gasteiger partial charge is 0.398 e. The van der Waals surface area contributed by atoms with Crippen LogP contribution in [0.1, 0.15) is 56.6 Å². The van der Waals surface area contributed by atoms with E-state index in [2.05, 4.69) is 23.6 Å². The summed E-state index contributed by atoms with van der Waals surface area (Å²) in [5.74, 6) is 0.680. The summed E-state index contributed by atoms with van der Waals surface area (Å²) in [6.45, 7) is 7.82. The Morgan fingerprint density at radius 3 is 2.69 bits per heavy atom. The Balaban J connectivity index is 1.68. The summed E-state index contributed by atoms with van der Waals surface area (Å²) in [4.78, 5) is 17.6. The molecule has 1 aromatic rings. The maximum absolute atomic E-state index is 13.0. The number of nitrogens with zero attached hydrogens (tertiary/aromatic N) is 2. The van der Waals surface area contributed by atoms with Gasteiger partial charge in [-0.3, -0.25) is 9.69 Å². The number of carbonyl (C=O) groups excluding carboxylic acids is 1. The highest BCUT2D eigenvalue weighted by Gasteiger charge is 2.34. The molecule has 1 heterocycles. The molecule has 1 aliphatic carbocycles. The quantitative estimate of drug-likeness (QED) is 0.781. The summed E-state index contributed by atoms with van der Waals surface area (Å²) < 4.78 is 0. The van der Waals surface area contributed by atoms with E-state index in [0.717, 1.165) is 63.1 Å². The second kappa shape index (κ2) is 8.62. The van der Waals surface area contributed by atoms with Crippen LogP contribution in [-0.2, 0) is 11.3 Å². The van der Waals surface area contributed by atoms with Gasteiger partial charge in [-0.1, -0.05) is 37.8 Å². The van der Waals surface area contributed by atoms with Crippen molar-refractivity contribution in [2.24, 2.45) is 5.92 Å². The van der Waals surface area contributed by atoms with E-state index in [4.69, 9.17) is 17.3 Å². The molecule has 4 nitrogen and oxygen atoms in total. The fourth-order valence-electron chi connectivity index (χ4n) is 4.50. The number of halogens is 1. The second-order valence-electron chi connectivity index (χ2n) is 7.97. The Morgan fingerprint density at radius 1 is 1.27 bits per heavy atom. The standard InChI is InChI=1S/C21H32ClN3O/c1-3-6-19-14-24(13-17-11-18(22)12-20(23)15(17)2)9-10-25(19)21(26)16-7-4-5-8-16/h11-12,16,19H,3-10,13-14,23H2,1-2H3. The van der Waals surface area contributed by atoms with Crippen molar-refractivity contribution in [2.75, 3.05) is 25.4 Å². The lowest BCUT2D eigenvalue weighted by Gasteiger charge is -2.42. The number of hydrogen-bond donors (Lipinski definition) is 1. The summed E-state index contributed by atoms with van der Waals surface area (Å²) in [7, 11) is 0. The second-order valence-corrected chi connectivity index (χ2v) is 8.41. The molecule has 1 saturated carbocycles. The van der Waals surface area contributed by atoms with Gasteiger partial charge in [0.15, 0.2) is 0 Å². The molecular weight excluding hydrogens is 346 g/mol. The molecule has 1 aliphatic heterocycles. The van der Waals surface area contributed by atoms with Gasteiger partial charge >= 0.3 is 0 Å². The van der Waals surface area contributed by atoms with Crippen molar-refractivity contribution in [3.8, 4) is 0 Å². The van der Waals surface area contributed by atoms with Crippen molar-refractivity contribution in [3.05, 3.63) is 28.3 Å². The fourth-order valence-corrected chi connectivity index (χ4v) is 4.75. The van der Waals surface area contributed by atoms with Crippen molar-refractivity contribution >= 4 is 23.2 Å². The molecule has 1 aromatic carbocycles. The van der Waals surface area contributed by atoms with Crippen molar-refractivity contribution in [3.63, 3.8) is 0 Å². The van der Waals surface area contributed by atoms with Crippen molar-refractivity contribution < 1.29 is 4.79 Å². The summed E-state index contributed by atoms with van der Waals surface area (Å²) in [6.07, 6.45) is 6.77. The summed E-state index contributed by atoms with van der Waals surface area (Å²) in [5.41, 5.74) is 9.15. The predicted molar refractivity (Wildman–Crippen MR) is 108 cm³/mol. The first-order chi connectivity index (χ1) is 12.5. The van der Waals surface area contributed by atoms with E-state index in [-0.39, 0.29) is 5.92 Å². The molecule has 0 aromatic heterocycles. The van der Waals surface area contributed by atoms with E-state index < -0.39 is 0 Å². The van der Waals surface area contributed by atoms with Crippen LogP contribution in [0, 0.1) is 12.8 Å². The van der Waals surface area contributed by atoms with E-state index >= 15 is 0 Å². The van der Waals surface area contributed by atoms with Gasteiger partial charge in [0.25, 0.3) is 0 Å². The summed E-state index contributed by atoms with van der Waals surface area (Å²) >= 11 is 6.20. The molecule has 144 valence electrons. The molecule has 2 fully saturated rings. The SMILES string of the molecule is CCCC1CN(Cc2cc(Cl)cc(N)c2C)CCN1C(=O)C1CCCC1. The minimum Gasteiger partial charge on any atom is -0.398 e. The smallest absolute Gasteiger partial charge is 0.226 e. The third kappa shape index (κ3) is 4.34. The van der Waals surface area contributed by atoms with Gasteiger partial charge in [-0.25, -0.2) is 0 Å². The molecule has 0 spiro atoms. The molecule has 5 heteroatoms. The van der Waals surface area contributed by atoms with Crippen LogP contribution in [0.3, 0.4) is 0 Å². The van der Waals surface area contributed by atoms with E-state index in [1.807, 2.05) is 12.1 Å².